The maximum absolute atomic E-state index is 13.1. The number of aromatic nitrogens is 3. The molecule has 0 atom stereocenters. The minimum atomic E-state index is -4.00. The van der Waals surface area contributed by atoms with Crippen LogP contribution in [0, 0.1) is 6.92 Å². The first-order chi connectivity index (χ1) is 20.6. The number of nitrogens with one attached hydrogen (secondary N) is 4. The lowest BCUT2D eigenvalue weighted by molar-refractivity contribution is -0.129. The number of rotatable bonds is 10. The summed E-state index contributed by atoms with van der Waals surface area (Å²) in [5, 5.41) is 11.8. The maximum Gasteiger partial charge on any atom is 0.263 e. The van der Waals surface area contributed by atoms with Crippen molar-refractivity contribution < 1.29 is 28.0 Å². The van der Waals surface area contributed by atoms with Gasteiger partial charge in [-0.2, -0.15) is 0 Å². The monoisotopic (exact) mass is 620 g/mol. The van der Waals surface area contributed by atoms with Gasteiger partial charge in [0, 0.05) is 11.3 Å². The molecule has 0 saturated heterocycles. The predicted octanol–water partition coefficient (Wildman–Crippen LogP) is 4.91. The molecule has 0 aliphatic carbocycles. The largest absolute Gasteiger partial charge is 0.493 e. The predicted molar refractivity (Wildman–Crippen MR) is 161 cm³/mol. The Morgan fingerprint density at radius 3 is 2.49 bits per heavy atom. The van der Waals surface area contributed by atoms with Gasteiger partial charge in [-0.3, -0.25) is 19.5 Å². The number of amides is 2. The van der Waals surface area contributed by atoms with E-state index in [1.54, 1.807) is 25.1 Å². The van der Waals surface area contributed by atoms with E-state index in [-0.39, 0.29) is 29.3 Å². The summed E-state index contributed by atoms with van der Waals surface area (Å²) in [6, 6.07) is 21.0. The second-order valence-electron chi connectivity index (χ2n) is 9.29. The summed E-state index contributed by atoms with van der Waals surface area (Å²) in [6.45, 7) is 1.60. The van der Waals surface area contributed by atoms with E-state index in [0.717, 1.165) is 11.0 Å². The Bertz CT molecular complexity index is 1900. The number of nitrogens with zero attached hydrogens (tertiary/aromatic N) is 2. The fraction of sp³-hybridized carbons (Fsp3) is 0.103. The highest BCUT2D eigenvalue weighted by Crippen LogP contribution is 2.30. The molecule has 5 aromatic rings. The Labute approximate surface area is 251 Å². The van der Waals surface area contributed by atoms with Crippen LogP contribution in [0.25, 0.3) is 22.4 Å². The number of anilines is 2. The van der Waals surface area contributed by atoms with Crippen LogP contribution >= 0.6 is 11.6 Å². The normalized spacial score (nSPS) is 11.2. The standard InChI is InChI=1S/C29H25ClN6O6S/c1-17-21(29(38)32-18-6-12-23(30)22(16-18)28-33-24-4-2-3-5-25(24)34-28)11-13-26(31-17)36-43(40,41)20-9-7-19(8-10-20)42-15-14-27(37)35-39/h2-13,16,39H,14-15H2,1H3,(H,31,36)(H,32,38)(H,33,34)(H,35,37). The van der Waals surface area contributed by atoms with Crippen LogP contribution in [0.2, 0.25) is 5.02 Å². The molecule has 2 aromatic heterocycles. The van der Waals surface area contributed by atoms with Crippen molar-refractivity contribution in [2.24, 2.45) is 0 Å². The van der Waals surface area contributed by atoms with Gasteiger partial charge >= 0.3 is 0 Å². The van der Waals surface area contributed by atoms with E-state index in [9.17, 15) is 18.0 Å². The summed E-state index contributed by atoms with van der Waals surface area (Å²) in [5.41, 5.74) is 4.79. The molecule has 0 aliphatic rings. The third-order valence-corrected chi connectivity index (χ3v) is 7.99. The molecule has 5 rings (SSSR count). The smallest absolute Gasteiger partial charge is 0.263 e. The van der Waals surface area contributed by atoms with Crippen LogP contribution < -0.4 is 20.3 Å². The topological polar surface area (TPSA) is 175 Å². The number of imidazole rings is 1. The lowest BCUT2D eigenvalue weighted by atomic mass is 10.1. The number of fused-ring (bicyclic) bond motifs is 1. The van der Waals surface area contributed by atoms with Crippen molar-refractivity contribution in [1.29, 1.82) is 0 Å². The number of halogens is 1. The molecule has 0 bridgehead atoms. The number of H-pyrrole nitrogens is 1. The number of aryl methyl sites for hydroxylation is 1. The van der Waals surface area contributed by atoms with Gasteiger partial charge in [0.15, 0.2) is 0 Å². The van der Waals surface area contributed by atoms with Gasteiger partial charge in [0.1, 0.15) is 17.4 Å². The molecule has 0 aliphatic heterocycles. The summed E-state index contributed by atoms with van der Waals surface area (Å²) in [4.78, 5) is 36.2. The van der Waals surface area contributed by atoms with Gasteiger partial charge in [-0.05, 0) is 73.7 Å². The van der Waals surface area contributed by atoms with E-state index >= 15 is 0 Å². The molecule has 2 heterocycles. The van der Waals surface area contributed by atoms with Gasteiger partial charge in [-0.15, -0.1) is 0 Å². The molecule has 0 radical (unpaired) electrons. The first-order valence-corrected chi connectivity index (χ1v) is 14.7. The molecule has 0 saturated carbocycles. The third kappa shape index (κ3) is 6.92. The van der Waals surface area contributed by atoms with Crippen LogP contribution in [-0.4, -0.2) is 47.0 Å². The van der Waals surface area contributed by atoms with Crippen LogP contribution in [0.3, 0.4) is 0 Å². The average molecular weight is 621 g/mol. The summed E-state index contributed by atoms with van der Waals surface area (Å²) in [5.74, 6) is -0.106. The van der Waals surface area contributed by atoms with Crippen molar-refractivity contribution in [3.05, 3.63) is 95.1 Å². The van der Waals surface area contributed by atoms with Gasteiger partial charge in [0.05, 0.1) is 45.2 Å². The number of aromatic amines is 1. The zero-order valence-electron chi connectivity index (χ0n) is 22.6. The average Bonchev–Trinajstić information content (AvgIpc) is 3.42. The molecular weight excluding hydrogens is 596 g/mol. The fourth-order valence-electron chi connectivity index (χ4n) is 4.15. The summed E-state index contributed by atoms with van der Waals surface area (Å²) in [7, 11) is -4.00. The molecule has 3 aromatic carbocycles. The van der Waals surface area contributed by atoms with Crippen LogP contribution in [0.15, 0.2) is 83.8 Å². The number of carbonyl (C=O) groups is 2. The molecule has 0 fully saturated rings. The number of hydroxylamine groups is 1. The van der Waals surface area contributed by atoms with Crippen molar-refractivity contribution in [1.82, 2.24) is 20.4 Å². The number of hydrogen-bond acceptors (Lipinski definition) is 8. The summed E-state index contributed by atoms with van der Waals surface area (Å²) >= 11 is 6.43. The third-order valence-electron chi connectivity index (χ3n) is 6.29. The van der Waals surface area contributed by atoms with Gasteiger partial charge in [-0.25, -0.2) is 23.9 Å². The van der Waals surface area contributed by atoms with Crippen LogP contribution in [0.4, 0.5) is 11.5 Å². The number of hydrogen-bond donors (Lipinski definition) is 5. The van der Waals surface area contributed by atoms with Crippen molar-refractivity contribution >= 4 is 56.0 Å². The second-order valence-corrected chi connectivity index (χ2v) is 11.4. The zero-order chi connectivity index (χ0) is 30.6. The van der Waals surface area contributed by atoms with Crippen LogP contribution in [-0.2, 0) is 14.8 Å². The quantitative estimate of drug-likeness (QED) is 0.108. The Morgan fingerprint density at radius 1 is 1.00 bits per heavy atom. The number of para-hydroxylation sites is 2. The number of sulfonamides is 1. The van der Waals surface area contributed by atoms with E-state index in [1.807, 2.05) is 24.3 Å². The molecule has 43 heavy (non-hydrogen) atoms. The van der Waals surface area contributed by atoms with E-state index in [1.165, 1.54) is 41.9 Å². The van der Waals surface area contributed by atoms with E-state index in [0.29, 0.717) is 33.5 Å². The van der Waals surface area contributed by atoms with Crippen molar-refractivity contribution in [3.63, 3.8) is 0 Å². The number of pyridine rings is 1. The molecule has 5 N–H and O–H groups in total. The van der Waals surface area contributed by atoms with E-state index in [4.69, 9.17) is 21.5 Å². The number of benzene rings is 3. The number of ether oxygens (including phenoxy) is 1. The van der Waals surface area contributed by atoms with Gasteiger partial charge < -0.3 is 15.0 Å². The van der Waals surface area contributed by atoms with Crippen LogP contribution in [0.5, 0.6) is 5.75 Å². The molecule has 0 spiro atoms. The van der Waals surface area contributed by atoms with E-state index < -0.39 is 21.8 Å². The molecular formula is C29H25ClN6O6S. The van der Waals surface area contributed by atoms with Crippen LogP contribution in [0.1, 0.15) is 22.5 Å². The molecule has 2 amide bonds. The Kier molecular flexibility index (Phi) is 8.57. The summed E-state index contributed by atoms with van der Waals surface area (Å²) < 4.78 is 33.5. The second kappa shape index (κ2) is 12.5. The molecule has 14 heteroatoms. The van der Waals surface area contributed by atoms with Crippen molar-refractivity contribution in [3.8, 4) is 17.1 Å². The molecule has 12 nitrogen and oxygen atoms in total. The first-order valence-electron chi connectivity index (χ1n) is 12.9. The first kappa shape index (κ1) is 29.5. The van der Waals surface area contributed by atoms with Gasteiger partial charge in [0.2, 0.25) is 5.91 Å². The van der Waals surface area contributed by atoms with Gasteiger partial charge in [0.25, 0.3) is 15.9 Å². The minimum absolute atomic E-state index is 0.000334. The summed E-state index contributed by atoms with van der Waals surface area (Å²) in [6.07, 6.45) is -0.0691. The highest BCUT2D eigenvalue weighted by Gasteiger charge is 2.18. The lowest BCUT2D eigenvalue weighted by Crippen LogP contribution is -2.20. The zero-order valence-corrected chi connectivity index (χ0v) is 24.2. The van der Waals surface area contributed by atoms with Crippen molar-refractivity contribution in [2.75, 3.05) is 16.6 Å². The minimum Gasteiger partial charge on any atom is -0.493 e. The fourth-order valence-corrected chi connectivity index (χ4v) is 5.36. The Hall–Kier alpha value is -4.98. The Morgan fingerprint density at radius 2 is 1.77 bits per heavy atom. The SMILES string of the molecule is Cc1nc(NS(=O)(=O)c2ccc(OCCC(=O)NO)cc2)ccc1C(=O)Nc1ccc(Cl)c(-c2nc3ccccc3[nH]2)c1. The molecule has 220 valence electrons. The Balaban J connectivity index is 1.26. The number of carbonyl (C=O) groups excluding carboxylic acids is 2. The molecule has 0 unspecified atom stereocenters. The van der Waals surface area contributed by atoms with E-state index in [2.05, 4.69) is 25.0 Å². The highest BCUT2D eigenvalue weighted by atomic mass is 35.5. The van der Waals surface area contributed by atoms with Gasteiger partial charge in [-0.1, -0.05) is 23.7 Å². The highest BCUT2D eigenvalue weighted by molar-refractivity contribution is 7.92. The lowest BCUT2D eigenvalue weighted by Gasteiger charge is -2.12. The van der Waals surface area contributed by atoms with Crippen molar-refractivity contribution in [2.45, 2.75) is 18.2 Å². The maximum atomic E-state index is 13.1.